The Balaban J connectivity index is 1.89. The molecule has 1 N–H and O–H groups in total. The zero-order valence-corrected chi connectivity index (χ0v) is 13.9. The van der Waals surface area contributed by atoms with Crippen molar-refractivity contribution in [2.24, 2.45) is 0 Å². The Morgan fingerprint density at radius 2 is 1.87 bits per heavy atom. The predicted octanol–water partition coefficient (Wildman–Crippen LogP) is 3.36. The summed E-state index contributed by atoms with van der Waals surface area (Å²) in [6.07, 6.45) is 1.41. The Morgan fingerprint density at radius 3 is 2.61 bits per heavy atom. The zero-order chi connectivity index (χ0) is 16.4. The second kappa shape index (κ2) is 6.34. The number of halogens is 1. The second-order valence-electron chi connectivity index (χ2n) is 5.15. The van der Waals surface area contributed by atoms with E-state index in [9.17, 15) is 9.59 Å². The van der Waals surface area contributed by atoms with Gasteiger partial charge in [-0.1, -0.05) is 28.1 Å². The van der Waals surface area contributed by atoms with Gasteiger partial charge < -0.3 is 5.32 Å². The van der Waals surface area contributed by atoms with E-state index >= 15 is 0 Å². The molecule has 1 heterocycles. The van der Waals surface area contributed by atoms with Crippen LogP contribution in [0.2, 0.25) is 0 Å². The summed E-state index contributed by atoms with van der Waals surface area (Å²) < 4.78 is 2.27. The average molecular weight is 372 g/mol. The molecule has 0 saturated heterocycles. The molecular formula is C17H14BrN3O2. The number of carbonyl (C=O) groups excluding carboxylic acids is 1. The highest BCUT2D eigenvalue weighted by Gasteiger charge is 2.17. The smallest absolute Gasteiger partial charge is 0.261 e. The number of fused-ring (bicyclic) bond motifs is 1. The molecule has 6 heteroatoms. The maximum Gasteiger partial charge on any atom is 0.261 e. The first-order valence-corrected chi connectivity index (χ1v) is 7.88. The van der Waals surface area contributed by atoms with Crippen LogP contribution in [0.3, 0.4) is 0 Å². The summed E-state index contributed by atoms with van der Waals surface area (Å²) in [7, 11) is 0. The molecule has 0 radical (unpaired) electrons. The van der Waals surface area contributed by atoms with E-state index in [1.807, 2.05) is 18.2 Å². The highest BCUT2D eigenvalue weighted by atomic mass is 79.9. The van der Waals surface area contributed by atoms with E-state index < -0.39 is 6.04 Å². The third kappa shape index (κ3) is 3.17. The molecule has 5 nitrogen and oxygen atoms in total. The molecule has 0 saturated carbocycles. The van der Waals surface area contributed by atoms with Crippen LogP contribution in [-0.2, 0) is 4.79 Å². The van der Waals surface area contributed by atoms with E-state index in [1.54, 1.807) is 37.3 Å². The predicted molar refractivity (Wildman–Crippen MR) is 93.5 cm³/mol. The number of nitrogens with zero attached hydrogens (tertiary/aromatic N) is 2. The lowest BCUT2D eigenvalue weighted by Gasteiger charge is -2.15. The topological polar surface area (TPSA) is 64.0 Å². The summed E-state index contributed by atoms with van der Waals surface area (Å²) in [6, 6.07) is 13.7. The van der Waals surface area contributed by atoms with Crippen molar-refractivity contribution in [1.82, 2.24) is 9.55 Å². The molecule has 23 heavy (non-hydrogen) atoms. The maximum absolute atomic E-state index is 12.5. The largest absolute Gasteiger partial charge is 0.324 e. The Hall–Kier alpha value is -2.47. The normalized spacial score (nSPS) is 12.1. The molecule has 0 bridgehead atoms. The van der Waals surface area contributed by atoms with Crippen LogP contribution in [0.25, 0.3) is 10.9 Å². The van der Waals surface area contributed by atoms with Crippen molar-refractivity contribution >= 4 is 38.4 Å². The van der Waals surface area contributed by atoms with Crippen LogP contribution in [0.4, 0.5) is 5.69 Å². The average Bonchev–Trinajstić information content (AvgIpc) is 2.57. The summed E-state index contributed by atoms with van der Waals surface area (Å²) in [5.74, 6) is -0.272. The highest BCUT2D eigenvalue weighted by molar-refractivity contribution is 9.10. The molecule has 3 aromatic rings. The SMILES string of the molecule is CC(C(=O)Nc1ccc(Br)cc1)n1cnc2ccccc2c1=O. The molecule has 116 valence electrons. The van der Waals surface area contributed by atoms with Crippen LogP contribution in [-0.4, -0.2) is 15.5 Å². The van der Waals surface area contributed by atoms with Crippen molar-refractivity contribution < 1.29 is 4.79 Å². The van der Waals surface area contributed by atoms with E-state index in [1.165, 1.54) is 10.9 Å². The van der Waals surface area contributed by atoms with Crippen molar-refractivity contribution in [3.63, 3.8) is 0 Å². The van der Waals surface area contributed by atoms with Crippen molar-refractivity contribution in [3.05, 3.63) is 69.7 Å². The molecule has 1 aromatic heterocycles. The summed E-state index contributed by atoms with van der Waals surface area (Å²) in [6.45, 7) is 1.67. The number of aromatic nitrogens is 2. The maximum atomic E-state index is 12.5. The molecule has 2 aromatic carbocycles. The van der Waals surface area contributed by atoms with Crippen LogP contribution in [0.1, 0.15) is 13.0 Å². The fourth-order valence-electron chi connectivity index (χ4n) is 2.27. The van der Waals surface area contributed by atoms with Crippen LogP contribution < -0.4 is 10.9 Å². The molecule has 0 aliphatic heterocycles. The van der Waals surface area contributed by atoms with Crippen molar-refractivity contribution in [3.8, 4) is 0 Å². The molecule has 0 fully saturated rings. The standard InChI is InChI=1S/C17H14BrN3O2/c1-11(16(22)20-13-8-6-12(18)7-9-13)21-10-19-15-5-3-2-4-14(15)17(21)23/h2-11H,1H3,(H,20,22). The molecule has 1 atom stereocenters. The third-order valence-electron chi connectivity index (χ3n) is 3.60. The van der Waals surface area contributed by atoms with Crippen LogP contribution in [0.15, 0.2) is 64.1 Å². The number of hydrogen-bond donors (Lipinski definition) is 1. The summed E-state index contributed by atoms with van der Waals surface area (Å²) >= 11 is 3.34. The molecule has 0 aliphatic carbocycles. The Morgan fingerprint density at radius 1 is 1.17 bits per heavy atom. The van der Waals surface area contributed by atoms with Crippen molar-refractivity contribution in [2.75, 3.05) is 5.32 Å². The van der Waals surface area contributed by atoms with Gasteiger partial charge in [0.2, 0.25) is 5.91 Å². The van der Waals surface area contributed by atoms with Crippen molar-refractivity contribution in [1.29, 1.82) is 0 Å². The first-order chi connectivity index (χ1) is 11.1. The minimum absolute atomic E-state index is 0.228. The minimum atomic E-state index is -0.664. The third-order valence-corrected chi connectivity index (χ3v) is 4.13. The van der Waals surface area contributed by atoms with Crippen LogP contribution in [0.5, 0.6) is 0 Å². The number of para-hydroxylation sites is 1. The minimum Gasteiger partial charge on any atom is -0.324 e. The van der Waals surface area contributed by atoms with Gasteiger partial charge in [-0.15, -0.1) is 0 Å². The molecule has 0 spiro atoms. The summed E-state index contributed by atoms with van der Waals surface area (Å²) in [5, 5.41) is 3.29. The van der Waals surface area contributed by atoms with Gasteiger partial charge in [0, 0.05) is 10.2 Å². The van der Waals surface area contributed by atoms with Gasteiger partial charge in [-0.05, 0) is 43.3 Å². The van der Waals surface area contributed by atoms with Gasteiger partial charge >= 0.3 is 0 Å². The number of anilines is 1. The van der Waals surface area contributed by atoms with Gasteiger partial charge in [-0.25, -0.2) is 4.98 Å². The first-order valence-electron chi connectivity index (χ1n) is 7.08. The van der Waals surface area contributed by atoms with Crippen LogP contribution in [0, 0.1) is 0 Å². The number of carbonyl (C=O) groups is 1. The van der Waals surface area contributed by atoms with Gasteiger partial charge in [-0.2, -0.15) is 0 Å². The number of hydrogen-bond acceptors (Lipinski definition) is 3. The number of benzene rings is 2. The highest BCUT2D eigenvalue weighted by Crippen LogP contribution is 2.16. The zero-order valence-electron chi connectivity index (χ0n) is 12.4. The van der Waals surface area contributed by atoms with Crippen molar-refractivity contribution in [2.45, 2.75) is 13.0 Å². The van der Waals surface area contributed by atoms with E-state index in [4.69, 9.17) is 0 Å². The fraction of sp³-hybridized carbons (Fsp3) is 0.118. The second-order valence-corrected chi connectivity index (χ2v) is 6.06. The molecule has 0 aliphatic rings. The van der Waals surface area contributed by atoms with E-state index in [-0.39, 0.29) is 11.5 Å². The molecule has 1 unspecified atom stereocenters. The Labute approximate surface area is 141 Å². The van der Waals surface area contributed by atoms with Gasteiger partial charge in [0.15, 0.2) is 0 Å². The fourth-order valence-corrected chi connectivity index (χ4v) is 2.53. The molecule has 3 rings (SSSR count). The van der Waals surface area contributed by atoms with Gasteiger partial charge in [0.1, 0.15) is 6.04 Å². The Kier molecular flexibility index (Phi) is 4.25. The van der Waals surface area contributed by atoms with Gasteiger partial charge in [0.05, 0.1) is 17.2 Å². The number of nitrogens with one attached hydrogen (secondary N) is 1. The number of amides is 1. The molecule has 1 amide bonds. The quantitative estimate of drug-likeness (QED) is 0.767. The lowest BCUT2D eigenvalue weighted by atomic mass is 10.2. The van der Waals surface area contributed by atoms with E-state index in [0.29, 0.717) is 16.6 Å². The monoisotopic (exact) mass is 371 g/mol. The summed E-state index contributed by atoms with van der Waals surface area (Å²) in [5.41, 5.74) is 1.06. The lowest BCUT2D eigenvalue weighted by molar-refractivity contribution is -0.118. The first kappa shape index (κ1) is 15.4. The van der Waals surface area contributed by atoms with Gasteiger partial charge in [0.25, 0.3) is 5.56 Å². The van der Waals surface area contributed by atoms with E-state index in [0.717, 1.165) is 4.47 Å². The van der Waals surface area contributed by atoms with Gasteiger partial charge in [-0.3, -0.25) is 14.2 Å². The van der Waals surface area contributed by atoms with E-state index in [2.05, 4.69) is 26.2 Å². The Bertz CT molecular complexity index is 919. The number of rotatable bonds is 3. The summed E-state index contributed by atoms with van der Waals surface area (Å²) in [4.78, 5) is 29.1. The lowest BCUT2D eigenvalue weighted by Crippen LogP contribution is -2.31. The van der Waals surface area contributed by atoms with Crippen LogP contribution >= 0.6 is 15.9 Å². The molecular weight excluding hydrogens is 358 g/mol.